The van der Waals surface area contributed by atoms with Gasteiger partial charge in [-0.25, -0.2) is 4.98 Å². The molecular weight excluding hydrogens is 206 g/mol. The van der Waals surface area contributed by atoms with Crippen LogP contribution in [0.2, 0.25) is 0 Å². The first-order valence-electron chi connectivity index (χ1n) is 5.39. The highest BCUT2D eigenvalue weighted by molar-refractivity contribution is 5.49. The average Bonchev–Trinajstić information content (AvgIpc) is 2.34. The van der Waals surface area contributed by atoms with Crippen molar-refractivity contribution in [3.8, 4) is 5.75 Å². The second-order valence-corrected chi connectivity index (χ2v) is 3.24. The first-order chi connectivity index (χ1) is 7.88. The molecule has 0 fully saturated rings. The second kappa shape index (κ2) is 7.90. The molecule has 1 heterocycles. The summed E-state index contributed by atoms with van der Waals surface area (Å²) in [5, 5.41) is 3.19. The predicted octanol–water partition coefficient (Wildman–Crippen LogP) is 0.867. The van der Waals surface area contributed by atoms with Crippen molar-refractivity contribution in [2.45, 2.75) is 6.42 Å². The fourth-order valence-corrected chi connectivity index (χ4v) is 1.25. The lowest BCUT2D eigenvalue weighted by molar-refractivity contribution is 0.141. The van der Waals surface area contributed by atoms with Gasteiger partial charge in [0.25, 0.3) is 0 Å². The zero-order chi connectivity index (χ0) is 11.6. The number of nitrogens with two attached hydrogens (primary N) is 1. The van der Waals surface area contributed by atoms with Crippen LogP contribution in [0.15, 0.2) is 18.3 Å². The van der Waals surface area contributed by atoms with E-state index in [2.05, 4.69) is 10.3 Å². The van der Waals surface area contributed by atoms with Crippen molar-refractivity contribution >= 4 is 5.82 Å². The summed E-state index contributed by atoms with van der Waals surface area (Å²) in [5.41, 5.74) is 5.31. The van der Waals surface area contributed by atoms with Crippen LogP contribution in [0.3, 0.4) is 0 Å². The van der Waals surface area contributed by atoms with Gasteiger partial charge in [0.15, 0.2) is 11.6 Å². The number of nitrogens with zero attached hydrogens (tertiary/aromatic N) is 1. The molecule has 0 aromatic carbocycles. The van der Waals surface area contributed by atoms with E-state index in [0.717, 1.165) is 24.5 Å². The topological polar surface area (TPSA) is 69.4 Å². The third-order valence-electron chi connectivity index (χ3n) is 2.01. The number of aromatic nitrogens is 1. The van der Waals surface area contributed by atoms with E-state index in [1.807, 2.05) is 12.1 Å². The number of pyridine rings is 1. The lowest BCUT2D eigenvalue weighted by Gasteiger charge is -2.09. The number of ether oxygens (including phenoxy) is 2. The summed E-state index contributed by atoms with van der Waals surface area (Å²) in [4.78, 5) is 4.19. The molecule has 5 nitrogen and oxygen atoms in total. The highest BCUT2D eigenvalue weighted by Gasteiger charge is 2.00. The lowest BCUT2D eigenvalue weighted by Crippen LogP contribution is -2.12. The maximum atomic E-state index is 5.31. The van der Waals surface area contributed by atoms with Crippen LogP contribution in [0.25, 0.3) is 0 Å². The second-order valence-electron chi connectivity index (χ2n) is 3.24. The van der Waals surface area contributed by atoms with Gasteiger partial charge >= 0.3 is 0 Å². The molecule has 1 aromatic rings. The van der Waals surface area contributed by atoms with Gasteiger partial charge < -0.3 is 20.5 Å². The van der Waals surface area contributed by atoms with Crippen molar-refractivity contribution in [2.75, 3.05) is 38.7 Å². The minimum Gasteiger partial charge on any atom is -0.493 e. The molecule has 5 heteroatoms. The van der Waals surface area contributed by atoms with Gasteiger partial charge in [0.2, 0.25) is 0 Å². The molecule has 0 spiro atoms. The standard InChI is InChI=1S/C11H19N3O2/c1-15-10-4-2-6-13-11(10)14-7-3-8-16-9-5-12/h2,4,6H,3,5,7-9,12H2,1H3,(H,13,14). The molecule has 1 aromatic heterocycles. The number of methoxy groups -OCH3 is 1. The summed E-state index contributed by atoms with van der Waals surface area (Å²) in [6.45, 7) is 2.70. The fourth-order valence-electron chi connectivity index (χ4n) is 1.25. The van der Waals surface area contributed by atoms with Crippen molar-refractivity contribution < 1.29 is 9.47 Å². The van der Waals surface area contributed by atoms with Crippen molar-refractivity contribution in [1.82, 2.24) is 4.98 Å². The summed E-state index contributed by atoms with van der Waals surface area (Å²) in [5.74, 6) is 1.52. The molecule has 0 radical (unpaired) electrons. The molecule has 0 aliphatic rings. The van der Waals surface area contributed by atoms with E-state index < -0.39 is 0 Å². The molecule has 0 amide bonds. The Bertz CT molecular complexity index is 294. The van der Waals surface area contributed by atoms with Gasteiger partial charge in [0.1, 0.15) is 0 Å². The Morgan fingerprint density at radius 2 is 2.31 bits per heavy atom. The van der Waals surface area contributed by atoms with Gasteiger partial charge in [0, 0.05) is 25.9 Å². The number of rotatable bonds is 8. The highest BCUT2D eigenvalue weighted by Crippen LogP contribution is 2.19. The molecule has 0 aliphatic heterocycles. The van der Waals surface area contributed by atoms with E-state index in [9.17, 15) is 0 Å². The third kappa shape index (κ3) is 4.46. The van der Waals surface area contributed by atoms with Crippen LogP contribution >= 0.6 is 0 Å². The summed E-state index contributed by atoms with van der Waals surface area (Å²) >= 11 is 0. The van der Waals surface area contributed by atoms with E-state index >= 15 is 0 Å². The molecule has 90 valence electrons. The molecule has 0 saturated heterocycles. The minimum atomic E-state index is 0.571. The molecule has 0 bridgehead atoms. The van der Waals surface area contributed by atoms with Crippen molar-refractivity contribution in [3.63, 3.8) is 0 Å². The maximum absolute atomic E-state index is 5.31. The predicted molar refractivity (Wildman–Crippen MR) is 63.8 cm³/mol. The summed E-state index contributed by atoms with van der Waals surface area (Å²) in [6.07, 6.45) is 2.65. The van der Waals surface area contributed by atoms with Crippen LogP contribution in [-0.2, 0) is 4.74 Å². The van der Waals surface area contributed by atoms with E-state index in [0.29, 0.717) is 19.8 Å². The van der Waals surface area contributed by atoms with Gasteiger partial charge in [-0.3, -0.25) is 0 Å². The van der Waals surface area contributed by atoms with Gasteiger partial charge in [-0.1, -0.05) is 0 Å². The summed E-state index contributed by atoms with van der Waals surface area (Å²) in [6, 6.07) is 3.72. The lowest BCUT2D eigenvalue weighted by atomic mass is 10.4. The van der Waals surface area contributed by atoms with E-state index in [4.69, 9.17) is 15.2 Å². The molecule has 3 N–H and O–H groups in total. The average molecular weight is 225 g/mol. The third-order valence-corrected chi connectivity index (χ3v) is 2.01. The highest BCUT2D eigenvalue weighted by atomic mass is 16.5. The maximum Gasteiger partial charge on any atom is 0.168 e. The fraction of sp³-hybridized carbons (Fsp3) is 0.545. The first kappa shape index (κ1) is 12.7. The van der Waals surface area contributed by atoms with Crippen molar-refractivity contribution in [3.05, 3.63) is 18.3 Å². The van der Waals surface area contributed by atoms with Crippen LogP contribution in [0, 0.1) is 0 Å². The largest absolute Gasteiger partial charge is 0.493 e. The van der Waals surface area contributed by atoms with Crippen LogP contribution in [0.4, 0.5) is 5.82 Å². The molecule has 16 heavy (non-hydrogen) atoms. The number of nitrogens with one attached hydrogen (secondary N) is 1. The normalized spacial score (nSPS) is 10.1. The van der Waals surface area contributed by atoms with Crippen LogP contribution in [0.5, 0.6) is 5.75 Å². The van der Waals surface area contributed by atoms with Gasteiger partial charge in [-0.05, 0) is 18.6 Å². The molecule has 0 unspecified atom stereocenters. The molecular formula is C11H19N3O2. The van der Waals surface area contributed by atoms with Crippen LogP contribution in [0.1, 0.15) is 6.42 Å². The monoisotopic (exact) mass is 225 g/mol. The summed E-state index contributed by atoms with van der Waals surface area (Å²) < 4.78 is 10.4. The Morgan fingerprint density at radius 1 is 1.44 bits per heavy atom. The molecule has 0 saturated carbocycles. The molecule has 0 atom stereocenters. The summed E-state index contributed by atoms with van der Waals surface area (Å²) in [7, 11) is 1.63. The Balaban J connectivity index is 2.21. The van der Waals surface area contributed by atoms with Gasteiger partial charge in [-0.2, -0.15) is 0 Å². The van der Waals surface area contributed by atoms with Crippen molar-refractivity contribution in [1.29, 1.82) is 0 Å². The zero-order valence-electron chi connectivity index (χ0n) is 9.61. The molecule has 1 rings (SSSR count). The molecule has 0 aliphatic carbocycles. The van der Waals surface area contributed by atoms with Crippen molar-refractivity contribution in [2.24, 2.45) is 5.73 Å². The Labute approximate surface area is 96.0 Å². The van der Waals surface area contributed by atoms with E-state index in [1.165, 1.54) is 0 Å². The Hall–Kier alpha value is -1.33. The van der Waals surface area contributed by atoms with Crippen LogP contribution < -0.4 is 15.8 Å². The van der Waals surface area contributed by atoms with Gasteiger partial charge in [-0.15, -0.1) is 0 Å². The van der Waals surface area contributed by atoms with E-state index in [-0.39, 0.29) is 0 Å². The van der Waals surface area contributed by atoms with E-state index in [1.54, 1.807) is 13.3 Å². The van der Waals surface area contributed by atoms with Crippen LogP contribution in [-0.4, -0.2) is 38.4 Å². The number of hydrogen-bond acceptors (Lipinski definition) is 5. The SMILES string of the molecule is COc1cccnc1NCCCOCCN. The smallest absolute Gasteiger partial charge is 0.168 e. The number of hydrogen-bond donors (Lipinski definition) is 2. The Morgan fingerprint density at radius 3 is 3.06 bits per heavy atom. The number of anilines is 1. The van der Waals surface area contributed by atoms with Gasteiger partial charge in [0.05, 0.1) is 13.7 Å². The quantitative estimate of drug-likeness (QED) is 0.642. The first-order valence-corrected chi connectivity index (χ1v) is 5.39. The Kier molecular flexibility index (Phi) is 6.29. The minimum absolute atomic E-state index is 0.571. The zero-order valence-corrected chi connectivity index (χ0v) is 9.61.